The van der Waals surface area contributed by atoms with Gasteiger partial charge in [-0.1, -0.05) is 24.4 Å². The Morgan fingerprint density at radius 2 is 1.89 bits per heavy atom. The van der Waals surface area contributed by atoms with Gasteiger partial charge in [-0.3, -0.25) is 0 Å². The van der Waals surface area contributed by atoms with Gasteiger partial charge in [0.2, 0.25) is 0 Å². The predicted octanol–water partition coefficient (Wildman–Crippen LogP) is 1.72. The molecule has 0 aliphatic rings. The molecule has 4 nitrogen and oxygen atoms in total. The Morgan fingerprint density at radius 1 is 1.32 bits per heavy atom. The van der Waals surface area contributed by atoms with Crippen LogP contribution < -0.4 is 10.5 Å². The Kier molecular flexibility index (Phi) is 5.75. The lowest BCUT2D eigenvalue weighted by Crippen LogP contribution is -2.22. The molecule has 0 aromatic heterocycles. The highest BCUT2D eigenvalue weighted by Gasteiger charge is 2.15. The number of rotatable bonds is 7. The maximum Gasteiger partial charge on any atom is 0.155 e. The summed E-state index contributed by atoms with van der Waals surface area (Å²) in [6.07, 6.45) is 0.553. The van der Waals surface area contributed by atoms with Crippen molar-refractivity contribution in [1.29, 1.82) is 0 Å². The second-order valence-corrected chi connectivity index (χ2v) is 7.75. The first kappa shape index (κ1) is 15.9. The molecule has 2 N–H and O–H groups in total. The van der Waals surface area contributed by atoms with Gasteiger partial charge in [-0.25, -0.2) is 8.42 Å². The van der Waals surface area contributed by atoms with Crippen molar-refractivity contribution in [3.05, 3.63) is 29.8 Å². The first-order valence-electron chi connectivity index (χ1n) is 6.03. The summed E-state index contributed by atoms with van der Waals surface area (Å²) in [5.41, 5.74) is 6.46. The fourth-order valence-corrected chi connectivity index (χ4v) is 2.37. The number of benzene rings is 1. The molecule has 19 heavy (non-hydrogen) atoms. The lowest BCUT2D eigenvalue weighted by molar-refractivity contribution is 0.340. The number of hydrogen-bond acceptors (Lipinski definition) is 4. The topological polar surface area (TPSA) is 69.4 Å². The van der Waals surface area contributed by atoms with Gasteiger partial charge in [0.15, 0.2) is 9.84 Å². The van der Waals surface area contributed by atoms with E-state index in [9.17, 15) is 8.42 Å². The fourth-order valence-electron chi connectivity index (χ4n) is 1.42. The molecular weight excluding hydrogens is 282 g/mol. The van der Waals surface area contributed by atoms with E-state index < -0.39 is 9.84 Å². The maximum absolute atomic E-state index is 11.6. The zero-order valence-corrected chi connectivity index (χ0v) is 12.8. The van der Waals surface area contributed by atoms with Crippen LogP contribution in [0.2, 0.25) is 0 Å². The molecule has 0 aliphatic heterocycles. The third kappa shape index (κ3) is 5.57. The van der Waals surface area contributed by atoms with Gasteiger partial charge < -0.3 is 10.5 Å². The van der Waals surface area contributed by atoms with Gasteiger partial charge in [0.1, 0.15) is 12.4 Å². The minimum absolute atomic E-state index is 0.0271. The molecule has 106 valence electrons. The van der Waals surface area contributed by atoms with Gasteiger partial charge in [-0.2, -0.15) is 0 Å². The van der Waals surface area contributed by atoms with E-state index in [2.05, 4.69) is 0 Å². The van der Waals surface area contributed by atoms with E-state index in [0.717, 1.165) is 5.56 Å². The van der Waals surface area contributed by atoms with Crippen LogP contribution in [-0.4, -0.2) is 31.0 Å². The lowest BCUT2D eigenvalue weighted by atomic mass is 10.1. The Labute approximate surface area is 119 Å². The van der Waals surface area contributed by atoms with E-state index in [1.54, 1.807) is 26.0 Å². The molecule has 6 heteroatoms. The average molecular weight is 301 g/mol. The summed E-state index contributed by atoms with van der Waals surface area (Å²) in [7, 11) is -3.05. The predicted molar refractivity (Wildman–Crippen MR) is 81.3 cm³/mol. The van der Waals surface area contributed by atoms with Crippen LogP contribution in [0.5, 0.6) is 5.75 Å². The van der Waals surface area contributed by atoms with Crippen molar-refractivity contribution in [3.8, 4) is 5.75 Å². The zero-order chi connectivity index (χ0) is 14.5. The van der Waals surface area contributed by atoms with Crippen molar-refractivity contribution in [2.75, 3.05) is 12.4 Å². The summed E-state index contributed by atoms with van der Waals surface area (Å²) in [5, 5.41) is -0.371. The van der Waals surface area contributed by atoms with E-state index in [4.69, 9.17) is 22.7 Å². The third-order valence-electron chi connectivity index (χ3n) is 2.66. The summed E-state index contributed by atoms with van der Waals surface area (Å²) in [5.74, 6) is 0.671. The van der Waals surface area contributed by atoms with Crippen LogP contribution in [0.25, 0.3) is 0 Å². The summed E-state index contributed by atoms with van der Waals surface area (Å²) < 4.78 is 28.6. The number of nitrogens with two attached hydrogens (primary N) is 1. The van der Waals surface area contributed by atoms with Gasteiger partial charge in [0.25, 0.3) is 0 Å². The van der Waals surface area contributed by atoms with E-state index in [1.807, 2.05) is 12.1 Å². The number of sulfone groups is 1. The molecule has 0 saturated heterocycles. The highest BCUT2D eigenvalue weighted by atomic mass is 32.2. The maximum atomic E-state index is 11.6. The molecule has 0 spiro atoms. The minimum Gasteiger partial charge on any atom is -0.493 e. The molecule has 1 aromatic rings. The number of ether oxygens (including phenoxy) is 1. The Morgan fingerprint density at radius 3 is 2.37 bits per heavy atom. The summed E-state index contributed by atoms with van der Waals surface area (Å²) in [4.78, 5) is 0.441. The SMILES string of the molecule is CC(C)S(=O)(=O)CCOc1ccc(CC(N)=S)cc1. The number of hydrogen-bond donors (Lipinski definition) is 1. The standard InChI is InChI=1S/C13H19NO3S2/c1-10(2)19(15,16)8-7-17-12-5-3-11(4-6-12)9-13(14)18/h3-6,10H,7-9H2,1-2H3,(H2,14,18). The smallest absolute Gasteiger partial charge is 0.155 e. The molecule has 0 radical (unpaired) electrons. The molecule has 0 bridgehead atoms. The molecule has 1 rings (SSSR count). The normalized spacial score (nSPS) is 11.5. The van der Waals surface area contributed by atoms with Crippen molar-refractivity contribution < 1.29 is 13.2 Å². The minimum atomic E-state index is -3.05. The van der Waals surface area contributed by atoms with Crippen molar-refractivity contribution in [2.24, 2.45) is 5.73 Å². The van der Waals surface area contributed by atoms with Crippen molar-refractivity contribution in [2.45, 2.75) is 25.5 Å². The van der Waals surface area contributed by atoms with Crippen LogP contribution >= 0.6 is 12.2 Å². The Balaban J connectivity index is 2.49. The van der Waals surface area contributed by atoms with Crippen LogP contribution in [0.1, 0.15) is 19.4 Å². The van der Waals surface area contributed by atoms with Crippen LogP contribution in [-0.2, 0) is 16.3 Å². The summed E-state index contributed by atoms with van der Waals surface area (Å²) >= 11 is 4.83. The van der Waals surface area contributed by atoms with Gasteiger partial charge in [0, 0.05) is 6.42 Å². The van der Waals surface area contributed by atoms with Crippen LogP contribution in [0.15, 0.2) is 24.3 Å². The van der Waals surface area contributed by atoms with Gasteiger partial charge in [-0.15, -0.1) is 0 Å². The van der Waals surface area contributed by atoms with Crippen molar-refractivity contribution in [3.63, 3.8) is 0 Å². The summed E-state index contributed by atoms with van der Waals surface area (Å²) in [6, 6.07) is 7.31. The summed E-state index contributed by atoms with van der Waals surface area (Å²) in [6.45, 7) is 3.49. The van der Waals surface area contributed by atoms with E-state index in [0.29, 0.717) is 17.2 Å². The van der Waals surface area contributed by atoms with Gasteiger partial charge in [0.05, 0.1) is 16.0 Å². The average Bonchev–Trinajstić information content (AvgIpc) is 2.30. The van der Waals surface area contributed by atoms with Crippen LogP contribution in [0.3, 0.4) is 0 Å². The van der Waals surface area contributed by atoms with Crippen molar-refractivity contribution >= 4 is 27.0 Å². The molecule has 0 heterocycles. The molecule has 0 saturated carbocycles. The first-order valence-corrected chi connectivity index (χ1v) is 8.15. The molecular formula is C13H19NO3S2. The molecule has 1 aromatic carbocycles. The second-order valence-electron chi connectivity index (χ2n) is 4.55. The van der Waals surface area contributed by atoms with Crippen molar-refractivity contribution in [1.82, 2.24) is 0 Å². The van der Waals surface area contributed by atoms with E-state index in [1.165, 1.54) is 0 Å². The lowest BCUT2D eigenvalue weighted by Gasteiger charge is -2.09. The number of thiocarbonyl (C=S) groups is 1. The largest absolute Gasteiger partial charge is 0.493 e. The van der Waals surface area contributed by atoms with Gasteiger partial charge in [-0.05, 0) is 31.5 Å². The molecule has 0 unspecified atom stereocenters. The molecule has 0 fully saturated rings. The Bertz CT molecular complexity index is 521. The highest BCUT2D eigenvalue weighted by molar-refractivity contribution is 7.92. The fraction of sp³-hybridized carbons (Fsp3) is 0.462. The second kappa shape index (κ2) is 6.86. The molecule has 0 amide bonds. The first-order chi connectivity index (χ1) is 8.81. The van der Waals surface area contributed by atoms with Gasteiger partial charge >= 0.3 is 0 Å². The highest BCUT2D eigenvalue weighted by Crippen LogP contribution is 2.13. The quantitative estimate of drug-likeness (QED) is 0.777. The molecule has 0 atom stereocenters. The van der Waals surface area contributed by atoms with Crippen LogP contribution in [0, 0.1) is 0 Å². The van der Waals surface area contributed by atoms with E-state index >= 15 is 0 Å². The van der Waals surface area contributed by atoms with E-state index in [-0.39, 0.29) is 17.6 Å². The van der Waals surface area contributed by atoms with Crippen LogP contribution in [0.4, 0.5) is 0 Å². The third-order valence-corrected chi connectivity index (χ3v) is 4.97. The molecule has 0 aliphatic carbocycles. The zero-order valence-electron chi connectivity index (χ0n) is 11.1. The monoisotopic (exact) mass is 301 g/mol. The Hall–Kier alpha value is -1.14.